The van der Waals surface area contributed by atoms with Crippen LogP contribution in [-0.2, 0) is 17.5 Å². The lowest BCUT2D eigenvalue weighted by Crippen LogP contribution is -2.38. The largest absolute Gasteiger partial charge is 0.433 e. The monoisotopic (exact) mass is 573 g/mol. The highest BCUT2D eigenvalue weighted by Gasteiger charge is 2.33. The molecule has 0 spiro atoms. The van der Waals surface area contributed by atoms with Crippen LogP contribution in [0.25, 0.3) is 17.3 Å². The molecule has 40 heavy (non-hydrogen) atoms. The van der Waals surface area contributed by atoms with Gasteiger partial charge < -0.3 is 10.2 Å². The van der Waals surface area contributed by atoms with Gasteiger partial charge in [-0.05, 0) is 73.0 Å². The third-order valence-corrected chi connectivity index (χ3v) is 7.28. The van der Waals surface area contributed by atoms with Gasteiger partial charge in [-0.1, -0.05) is 0 Å². The number of halogens is 4. The summed E-state index contributed by atoms with van der Waals surface area (Å²) in [6.45, 7) is 2.11. The number of hydrogen-bond acceptors (Lipinski definition) is 9. The Morgan fingerprint density at radius 3 is 2.62 bits per heavy atom. The molecule has 9 nitrogen and oxygen atoms in total. The Balaban J connectivity index is 1.18. The first kappa shape index (κ1) is 27.6. The van der Waals surface area contributed by atoms with E-state index in [4.69, 9.17) is 0 Å². The van der Waals surface area contributed by atoms with Crippen LogP contribution in [0, 0.1) is 11.7 Å². The smallest absolute Gasteiger partial charge is 0.341 e. The van der Waals surface area contributed by atoms with Crippen molar-refractivity contribution in [1.29, 1.82) is 0 Å². The summed E-state index contributed by atoms with van der Waals surface area (Å²) < 4.78 is 54.6. The summed E-state index contributed by atoms with van der Waals surface area (Å²) in [5, 5.41) is 5.01. The first-order chi connectivity index (χ1) is 19.2. The molecule has 0 radical (unpaired) electrons. The van der Waals surface area contributed by atoms with Gasteiger partial charge in [-0.2, -0.15) is 13.2 Å². The standard InChI is InChI=1S/C26H23F4N7O2S/c27-19-14-31-5-2-18(19)20-9-16(10-22(35-20)26(28,29)30)13-32-12-15-3-7-37(8-4-15)24-33-6-1-17(34-24)11-21-23(38)36-25(39)40-21/h1-2,5-6,9-11,14-15,32H,3-4,7-8,12-13H2,(H,36,38,39)/b21-11-. The van der Waals surface area contributed by atoms with Gasteiger partial charge in [0.1, 0.15) is 5.69 Å². The van der Waals surface area contributed by atoms with Crippen LogP contribution < -0.4 is 15.5 Å². The third kappa shape index (κ3) is 6.62. The minimum Gasteiger partial charge on any atom is -0.341 e. The zero-order valence-electron chi connectivity index (χ0n) is 20.9. The lowest BCUT2D eigenvalue weighted by molar-refractivity contribution is -0.141. The minimum atomic E-state index is -4.67. The quantitative estimate of drug-likeness (QED) is 0.313. The van der Waals surface area contributed by atoms with Crippen molar-refractivity contribution in [3.63, 3.8) is 0 Å². The molecule has 208 valence electrons. The van der Waals surface area contributed by atoms with Crippen molar-refractivity contribution in [3.05, 3.63) is 70.5 Å². The Morgan fingerprint density at radius 2 is 1.93 bits per heavy atom. The minimum absolute atomic E-state index is 0.0454. The van der Waals surface area contributed by atoms with Gasteiger partial charge in [-0.25, -0.2) is 19.3 Å². The summed E-state index contributed by atoms with van der Waals surface area (Å²) in [6.07, 6.45) is 2.34. The number of imide groups is 1. The number of alkyl halides is 3. The van der Waals surface area contributed by atoms with E-state index in [0.29, 0.717) is 36.8 Å². The van der Waals surface area contributed by atoms with Gasteiger partial charge >= 0.3 is 6.18 Å². The lowest BCUT2D eigenvalue weighted by atomic mass is 9.97. The molecule has 0 atom stereocenters. The average Bonchev–Trinajstić information content (AvgIpc) is 3.24. The number of anilines is 1. The number of piperidine rings is 1. The van der Waals surface area contributed by atoms with Crippen LogP contribution in [0.4, 0.5) is 28.3 Å². The molecule has 0 saturated carbocycles. The van der Waals surface area contributed by atoms with Gasteiger partial charge in [0.05, 0.1) is 22.5 Å². The van der Waals surface area contributed by atoms with E-state index in [9.17, 15) is 27.2 Å². The van der Waals surface area contributed by atoms with Crippen LogP contribution in [0.1, 0.15) is 29.8 Å². The van der Waals surface area contributed by atoms with E-state index in [1.54, 1.807) is 18.3 Å². The van der Waals surface area contributed by atoms with Crippen molar-refractivity contribution in [1.82, 2.24) is 30.6 Å². The molecule has 0 aliphatic carbocycles. The molecule has 3 aromatic rings. The fourth-order valence-corrected chi connectivity index (χ4v) is 5.13. The molecule has 14 heteroatoms. The molecular formula is C26H23F4N7O2S. The highest BCUT2D eigenvalue weighted by atomic mass is 32.2. The predicted molar refractivity (Wildman–Crippen MR) is 140 cm³/mol. The van der Waals surface area contributed by atoms with Gasteiger partial charge in [0.15, 0.2) is 5.82 Å². The lowest BCUT2D eigenvalue weighted by Gasteiger charge is -2.32. The van der Waals surface area contributed by atoms with Gasteiger partial charge in [0.2, 0.25) is 5.95 Å². The number of nitrogens with one attached hydrogen (secondary N) is 2. The molecule has 5 rings (SSSR count). The molecule has 3 aromatic heterocycles. The second-order valence-corrected chi connectivity index (χ2v) is 10.3. The number of carbonyl (C=O) groups excluding carboxylic acids is 2. The van der Waals surface area contributed by atoms with Gasteiger partial charge in [0, 0.05) is 37.6 Å². The SMILES string of the molecule is O=C1NC(=O)/C(=C/c2ccnc(N3CCC(CNCc4cc(-c5ccncc5F)nc(C(F)(F)F)c4)CC3)n2)S1. The molecule has 2 fully saturated rings. The van der Waals surface area contributed by atoms with E-state index >= 15 is 0 Å². The van der Waals surface area contributed by atoms with Crippen LogP contribution in [-0.4, -0.2) is 50.7 Å². The predicted octanol–water partition coefficient (Wildman–Crippen LogP) is 4.42. The zero-order valence-corrected chi connectivity index (χ0v) is 21.7. The summed E-state index contributed by atoms with van der Waals surface area (Å²) >= 11 is 0.820. The van der Waals surface area contributed by atoms with E-state index in [-0.39, 0.29) is 28.6 Å². The Kier molecular flexibility index (Phi) is 8.07. The van der Waals surface area contributed by atoms with Crippen molar-refractivity contribution < 1.29 is 27.2 Å². The van der Waals surface area contributed by atoms with Gasteiger partial charge in [-0.15, -0.1) is 0 Å². The summed E-state index contributed by atoms with van der Waals surface area (Å²) in [5.74, 6) is -0.398. The topological polar surface area (TPSA) is 113 Å². The number of carbonyl (C=O) groups is 2. The highest BCUT2D eigenvalue weighted by Crippen LogP contribution is 2.31. The number of rotatable bonds is 7. The Bertz CT molecular complexity index is 1460. The molecule has 2 N–H and O–H groups in total. The molecule has 2 aliphatic heterocycles. The number of aromatic nitrogens is 4. The fraction of sp³-hybridized carbons (Fsp3) is 0.308. The van der Waals surface area contributed by atoms with E-state index in [1.807, 2.05) is 4.90 Å². The number of nitrogens with zero attached hydrogens (tertiary/aromatic N) is 5. The Hall–Kier alpha value is -3.91. The Morgan fingerprint density at radius 1 is 1.12 bits per heavy atom. The maximum Gasteiger partial charge on any atom is 0.433 e. The molecule has 0 bridgehead atoms. The number of pyridine rings is 2. The van der Waals surface area contributed by atoms with E-state index in [0.717, 1.165) is 36.9 Å². The van der Waals surface area contributed by atoms with Crippen molar-refractivity contribution in [2.24, 2.45) is 5.92 Å². The normalized spacial score (nSPS) is 17.5. The number of thioether (sulfide) groups is 1. The molecule has 5 heterocycles. The van der Waals surface area contributed by atoms with Crippen molar-refractivity contribution in [2.45, 2.75) is 25.6 Å². The molecule has 0 unspecified atom stereocenters. The van der Waals surface area contributed by atoms with Crippen LogP contribution in [0.5, 0.6) is 0 Å². The van der Waals surface area contributed by atoms with Crippen LogP contribution >= 0.6 is 11.8 Å². The Labute approximate surface area is 230 Å². The molecule has 2 amide bonds. The van der Waals surface area contributed by atoms with Crippen molar-refractivity contribution in [3.8, 4) is 11.3 Å². The number of amides is 2. The third-order valence-electron chi connectivity index (χ3n) is 6.47. The van der Waals surface area contributed by atoms with Gasteiger partial charge in [-0.3, -0.25) is 19.9 Å². The van der Waals surface area contributed by atoms with Crippen LogP contribution in [0.15, 0.2) is 47.8 Å². The highest BCUT2D eigenvalue weighted by molar-refractivity contribution is 8.18. The van der Waals surface area contributed by atoms with E-state index < -0.39 is 28.8 Å². The van der Waals surface area contributed by atoms with Crippen LogP contribution in [0.2, 0.25) is 0 Å². The second-order valence-electron chi connectivity index (χ2n) is 9.29. The fourth-order valence-electron chi connectivity index (χ4n) is 4.46. The second kappa shape index (κ2) is 11.7. The summed E-state index contributed by atoms with van der Waals surface area (Å²) in [7, 11) is 0. The zero-order chi connectivity index (χ0) is 28.3. The first-order valence-corrected chi connectivity index (χ1v) is 13.2. The summed E-state index contributed by atoms with van der Waals surface area (Å²) in [6, 6.07) is 5.37. The molecule has 0 aromatic carbocycles. The van der Waals surface area contributed by atoms with Crippen LogP contribution in [0.3, 0.4) is 0 Å². The van der Waals surface area contributed by atoms with Crippen molar-refractivity contribution in [2.75, 3.05) is 24.5 Å². The number of hydrogen-bond donors (Lipinski definition) is 2. The maximum absolute atomic E-state index is 14.2. The summed E-state index contributed by atoms with van der Waals surface area (Å²) in [4.78, 5) is 41.6. The maximum atomic E-state index is 14.2. The molecular weight excluding hydrogens is 550 g/mol. The average molecular weight is 574 g/mol. The first-order valence-electron chi connectivity index (χ1n) is 12.4. The van der Waals surface area contributed by atoms with Gasteiger partial charge in [0.25, 0.3) is 11.1 Å². The van der Waals surface area contributed by atoms with E-state index in [2.05, 4.69) is 30.6 Å². The molecule has 2 saturated heterocycles. The molecule has 2 aliphatic rings. The summed E-state index contributed by atoms with van der Waals surface area (Å²) in [5.41, 5.74) is -0.362. The van der Waals surface area contributed by atoms with Crippen molar-refractivity contribution >= 4 is 34.9 Å². The van der Waals surface area contributed by atoms with E-state index in [1.165, 1.54) is 18.3 Å².